The number of carboxylic acids is 1. The van der Waals surface area contributed by atoms with Crippen LogP contribution in [-0.4, -0.2) is 26.0 Å². The topological polar surface area (TPSA) is 78.9 Å². The molecule has 100 valence electrons. The van der Waals surface area contributed by atoms with Crippen LogP contribution in [0.4, 0.5) is 4.39 Å². The molecule has 0 aliphatic carbocycles. The second kappa shape index (κ2) is 4.57. The summed E-state index contributed by atoms with van der Waals surface area (Å²) in [5, 5.41) is 8.88. The second-order valence-corrected chi connectivity index (χ2v) is 4.49. The zero-order valence-electron chi connectivity index (χ0n) is 9.89. The lowest BCUT2D eigenvalue weighted by Crippen LogP contribution is -1.96. The Labute approximate surface area is 117 Å². The summed E-state index contributed by atoms with van der Waals surface area (Å²) >= 11 is 5.72. The summed E-state index contributed by atoms with van der Waals surface area (Å²) in [6.07, 6.45) is 1.20. The number of nitrogens with one attached hydrogen (secondary N) is 1. The number of aromatic carboxylic acids is 1. The zero-order chi connectivity index (χ0) is 14.3. The molecule has 20 heavy (non-hydrogen) atoms. The van der Waals surface area contributed by atoms with Crippen molar-refractivity contribution in [1.29, 1.82) is 0 Å². The Morgan fingerprint density at radius 2 is 2.20 bits per heavy atom. The molecule has 7 heteroatoms. The molecule has 3 rings (SSSR count). The molecule has 0 aliphatic rings. The number of H-pyrrole nitrogens is 1. The molecule has 0 fully saturated rings. The van der Waals surface area contributed by atoms with E-state index in [0.29, 0.717) is 11.2 Å². The number of carboxylic acid groups (broad SMARTS) is 1. The van der Waals surface area contributed by atoms with Crippen molar-refractivity contribution in [3.05, 3.63) is 46.9 Å². The smallest absolute Gasteiger partial charge is 0.337 e. The van der Waals surface area contributed by atoms with E-state index in [-0.39, 0.29) is 22.0 Å². The van der Waals surface area contributed by atoms with Crippen LogP contribution in [0.15, 0.2) is 30.5 Å². The highest BCUT2D eigenvalue weighted by Crippen LogP contribution is 2.26. The number of benzene rings is 1. The maximum Gasteiger partial charge on any atom is 0.337 e. The molecular weight excluding hydrogens is 285 g/mol. The van der Waals surface area contributed by atoms with Crippen molar-refractivity contribution in [1.82, 2.24) is 15.0 Å². The maximum atomic E-state index is 13.9. The Kier molecular flexibility index (Phi) is 2.87. The Bertz CT molecular complexity index is 832. The number of hydrogen-bond acceptors (Lipinski definition) is 3. The molecule has 0 spiro atoms. The minimum Gasteiger partial charge on any atom is -0.478 e. The fourth-order valence-electron chi connectivity index (χ4n) is 1.83. The highest BCUT2D eigenvalue weighted by atomic mass is 35.5. The number of pyridine rings is 1. The van der Waals surface area contributed by atoms with E-state index in [9.17, 15) is 9.18 Å². The molecule has 0 atom stereocenters. The average Bonchev–Trinajstić information content (AvgIpc) is 2.84. The van der Waals surface area contributed by atoms with Crippen LogP contribution in [0.5, 0.6) is 0 Å². The number of halogens is 2. The van der Waals surface area contributed by atoms with Crippen molar-refractivity contribution in [3.8, 4) is 11.4 Å². The van der Waals surface area contributed by atoms with Gasteiger partial charge in [0.25, 0.3) is 0 Å². The molecule has 0 saturated heterocycles. The normalized spacial score (nSPS) is 10.9. The van der Waals surface area contributed by atoms with Crippen LogP contribution in [-0.2, 0) is 0 Å². The van der Waals surface area contributed by atoms with E-state index in [1.807, 2.05) is 0 Å². The molecule has 0 aliphatic heterocycles. The van der Waals surface area contributed by atoms with Gasteiger partial charge in [0.1, 0.15) is 5.82 Å². The first kappa shape index (κ1) is 12.6. The summed E-state index contributed by atoms with van der Waals surface area (Å²) in [5.74, 6) is -1.44. The van der Waals surface area contributed by atoms with Gasteiger partial charge in [-0.3, -0.25) is 0 Å². The Balaban J connectivity index is 2.18. The maximum absolute atomic E-state index is 13.9. The first-order valence-corrected chi connectivity index (χ1v) is 5.97. The summed E-state index contributed by atoms with van der Waals surface area (Å²) in [6, 6.07) is 5.95. The van der Waals surface area contributed by atoms with Gasteiger partial charge in [-0.2, -0.15) is 0 Å². The van der Waals surface area contributed by atoms with Crippen LogP contribution in [0.2, 0.25) is 5.02 Å². The van der Waals surface area contributed by atoms with Gasteiger partial charge in [0, 0.05) is 6.20 Å². The van der Waals surface area contributed by atoms with Crippen molar-refractivity contribution in [2.45, 2.75) is 0 Å². The highest BCUT2D eigenvalue weighted by molar-refractivity contribution is 6.31. The quantitative estimate of drug-likeness (QED) is 0.760. The second-order valence-electron chi connectivity index (χ2n) is 4.09. The molecule has 0 saturated carbocycles. The summed E-state index contributed by atoms with van der Waals surface area (Å²) in [6.45, 7) is 0. The predicted molar refractivity (Wildman–Crippen MR) is 71.3 cm³/mol. The van der Waals surface area contributed by atoms with Crippen molar-refractivity contribution < 1.29 is 14.3 Å². The summed E-state index contributed by atoms with van der Waals surface area (Å²) in [4.78, 5) is 21.8. The molecule has 2 N–H and O–H groups in total. The molecule has 0 bridgehead atoms. The Morgan fingerprint density at radius 3 is 2.95 bits per heavy atom. The van der Waals surface area contributed by atoms with Crippen molar-refractivity contribution in [3.63, 3.8) is 0 Å². The molecule has 0 radical (unpaired) electrons. The Hall–Kier alpha value is -2.47. The molecular formula is C13H7ClFN3O2. The van der Waals surface area contributed by atoms with Gasteiger partial charge in [0.2, 0.25) is 0 Å². The van der Waals surface area contributed by atoms with E-state index in [0.717, 1.165) is 0 Å². The molecule has 0 amide bonds. The van der Waals surface area contributed by atoms with Gasteiger partial charge in [-0.25, -0.2) is 19.2 Å². The van der Waals surface area contributed by atoms with E-state index in [2.05, 4.69) is 15.0 Å². The zero-order valence-corrected chi connectivity index (χ0v) is 10.6. The van der Waals surface area contributed by atoms with Crippen LogP contribution in [0, 0.1) is 5.82 Å². The minimum absolute atomic E-state index is 0.0119. The van der Waals surface area contributed by atoms with Gasteiger partial charge in [0.15, 0.2) is 11.5 Å². The van der Waals surface area contributed by atoms with E-state index in [1.54, 1.807) is 6.07 Å². The molecule has 5 nitrogen and oxygen atoms in total. The third-order valence-electron chi connectivity index (χ3n) is 2.79. The van der Waals surface area contributed by atoms with Crippen LogP contribution in [0.3, 0.4) is 0 Å². The van der Waals surface area contributed by atoms with Crippen molar-refractivity contribution >= 4 is 28.7 Å². The molecule has 2 aromatic heterocycles. The van der Waals surface area contributed by atoms with Gasteiger partial charge < -0.3 is 10.1 Å². The lowest BCUT2D eigenvalue weighted by Gasteiger charge is -1.99. The third kappa shape index (κ3) is 2.00. The van der Waals surface area contributed by atoms with Crippen LogP contribution >= 0.6 is 11.6 Å². The van der Waals surface area contributed by atoms with Gasteiger partial charge in [-0.1, -0.05) is 17.7 Å². The number of nitrogens with zero attached hydrogens (tertiary/aromatic N) is 2. The summed E-state index contributed by atoms with van der Waals surface area (Å²) in [7, 11) is 0. The molecule has 3 aromatic rings. The van der Waals surface area contributed by atoms with E-state index < -0.39 is 11.8 Å². The number of fused-ring (bicyclic) bond motifs is 1. The lowest BCUT2D eigenvalue weighted by molar-refractivity contribution is 0.0696. The van der Waals surface area contributed by atoms with Gasteiger partial charge in [-0.15, -0.1) is 0 Å². The average molecular weight is 292 g/mol. The lowest BCUT2D eigenvalue weighted by atomic mass is 10.2. The number of aromatic nitrogens is 3. The SMILES string of the molecule is O=C(O)c1cnc2nc(-c3cccc(Cl)c3F)[nH]c2c1. The fourth-order valence-corrected chi connectivity index (χ4v) is 2.01. The number of carbonyl (C=O) groups is 1. The van der Waals surface area contributed by atoms with Crippen molar-refractivity contribution in [2.75, 3.05) is 0 Å². The molecule has 0 unspecified atom stereocenters. The summed E-state index contributed by atoms with van der Waals surface area (Å²) < 4.78 is 13.9. The molecule has 1 aromatic carbocycles. The van der Waals surface area contributed by atoms with Crippen molar-refractivity contribution in [2.24, 2.45) is 0 Å². The third-order valence-corrected chi connectivity index (χ3v) is 3.08. The largest absolute Gasteiger partial charge is 0.478 e. The Morgan fingerprint density at radius 1 is 1.40 bits per heavy atom. The van der Waals surface area contributed by atoms with Crippen LogP contribution in [0.1, 0.15) is 10.4 Å². The minimum atomic E-state index is -1.09. The summed E-state index contributed by atoms with van der Waals surface area (Å²) in [5.41, 5.74) is 0.954. The van der Waals surface area contributed by atoms with E-state index in [4.69, 9.17) is 16.7 Å². The van der Waals surface area contributed by atoms with E-state index >= 15 is 0 Å². The fraction of sp³-hybridized carbons (Fsp3) is 0. The first-order chi connectivity index (χ1) is 9.56. The van der Waals surface area contributed by atoms with Gasteiger partial charge >= 0.3 is 5.97 Å². The van der Waals surface area contributed by atoms with Gasteiger partial charge in [0.05, 0.1) is 21.7 Å². The standard InChI is InChI=1S/C13H7ClFN3O2/c14-8-3-1-2-7(10(8)15)11-17-9-4-6(13(19)20)5-16-12(9)18-11/h1-5H,(H,19,20)(H,16,17,18). The highest BCUT2D eigenvalue weighted by Gasteiger charge is 2.14. The molecule has 2 heterocycles. The van der Waals surface area contributed by atoms with Gasteiger partial charge in [-0.05, 0) is 18.2 Å². The van der Waals surface area contributed by atoms with Crippen LogP contribution in [0.25, 0.3) is 22.6 Å². The predicted octanol–water partition coefficient (Wildman–Crippen LogP) is 3.12. The number of imidazole rings is 1. The first-order valence-electron chi connectivity index (χ1n) is 5.59. The monoisotopic (exact) mass is 291 g/mol. The number of aromatic amines is 1. The number of hydrogen-bond donors (Lipinski definition) is 2. The number of rotatable bonds is 2. The van der Waals surface area contributed by atoms with E-state index in [1.165, 1.54) is 24.4 Å². The van der Waals surface area contributed by atoms with Crippen LogP contribution < -0.4 is 0 Å².